The molecule has 0 saturated heterocycles. The Balaban J connectivity index is 1.60. The van der Waals surface area contributed by atoms with Crippen LogP contribution in [0.5, 0.6) is 0 Å². The minimum Gasteiger partial charge on any atom is -0.378 e. The van der Waals surface area contributed by atoms with Crippen molar-refractivity contribution >= 4 is 23.5 Å². The average Bonchev–Trinajstić information content (AvgIpc) is 2.81. The number of hydrogen-bond acceptors (Lipinski definition) is 8. The Morgan fingerprint density at radius 3 is 2.16 bits per heavy atom. The monoisotopic (exact) mass is 442 g/mol. The van der Waals surface area contributed by atoms with Crippen LogP contribution in [-0.4, -0.2) is 54.5 Å². The fraction of sp³-hybridized carbons (Fsp3) is 0.318. The van der Waals surface area contributed by atoms with Gasteiger partial charge in [-0.3, -0.25) is 0 Å². The molecular weight excluding hydrogens is 416 g/mol. The van der Waals surface area contributed by atoms with Gasteiger partial charge in [0.1, 0.15) is 0 Å². The van der Waals surface area contributed by atoms with Gasteiger partial charge in [0, 0.05) is 30.2 Å². The predicted molar refractivity (Wildman–Crippen MR) is 123 cm³/mol. The molecule has 2 aromatic carbocycles. The van der Waals surface area contributed by atoms with Crippen molar-refractivity contribution < 1.29 is 9.47 Å². The second-order valence-corrected chi connectivity index (χ2v) is 7.03. The Labute approximate surface area is 187 Å². The quantitative estimate of drug-likeness (QED) is 0.346. The number of ether oxygens (including phenoxy) is 2. The van der Waals surface area contributed by atoms with Crippen LogP contribution in [0, 0.1) is 0 Å². The van der Waals surface area contributed by atoms with Crippen LogP contribution in [0.25, 0.3) is 11.4 Å². The van der Waals surface area contributed by atoms with Crippen LogP contribution >= 0.6 is 11.6 Å². The molecular formula is C22H27ClN6O2. The summed E-state index contributed by atoms with van der Waals surface area (Å²) in [6.07, 6.45) is 0. The summed E-state index contributed by atoms with van der Waals surface area (Å²) in [4.78, 5) is 13.6. The third-order valence-corrected chi connectivity index (χ3v) is 4.45. The average molecular weight is 443 g/mol. The number of hydrogen-bond donors (Lipinski definition) is 3. The van der Waals surface area contributed by atoms with Gasteiger partial charge in [0.25, 0.3) is 0 Å². The zero-order valence-corrected chi connectivity index (χ0v) is 18.0. The van der Waals surface area contributed by atoms with E-state index in [1.54, 1.807) is 0 Å². The lowest BCUT2D eigenvalue weighted by molar-refractivity contribution is 0.0547. The van der Waals surface area contributed by atoms with Crippen molar-refractivity contribution in [1.82, 2.24) is 15.0 Å². The Kier molecular flexibility index (Phi) is 9.46. The van der Waals surface area contributed by atoms with E-state index in [0.29, 0.717) is 68.8 Å². The molecule has 0 fully saturated rings. The third-order valence-electron chi connectivity index (χ3n) is 4.19. The molecule has 0 unspecified atom stereocenters. The molecule has 1 aromatic heterocycles. The van der Waals surface area contributed by atoms with E-state index in [0.717, 1.165) is 11.1 Å². The topological polar surface area (TPSA) is 107 Å². The van der Waals surface area contributed by atoms with Gasteiger partial charge in [0.15, 0.2) is 5.82 Å². The van der Waals surface area contributed by atoms with Gasteiger partial charge in [-0.2, -0.15) is 15.0 Å². The normalized spacial score (nSPS) is 10.8. The fourth-order valence-electron chi connectivity index (χ4n) is 2.67. The molecule has 164 valence electrons. The molecule has 0 radical (unpaired) electrons. The molecule has 0 aliphatic heterocycles. The molecule has 0 atom stereocenters. The van der Waals surface area contributed by atoms with Crippen LogP contribution in [0.4, 0.5) is 11.9 Å². The second-order valence-electron chi connectivity index (χ2n) is 6.59. The molecule has 0 saturated carbocycles. The molecule has 0 bridgehead atoms. The van der Waals surface area contributed by atoms with E-state index in [4.69, 9.17) is 26.8 Å². The maximum atomic E-state index is 5.96. The van der Waals surface area contributed by atoms with Crippen LogP contribution in [0.1, 0.15) is 5.56 Å². The zero-order valence-electron chi connectivity index (χ0n) is 17.3. The highest BCUT2D eigenvalue weighted by Gasteiger charge is 2.08. The first-order chi connectivity index (χ1) is 15.2. The molecule has 3 rings (SSSR count). The molecule has 9 heteroatoms. The third kappa shape index (κ3) is 8.10. The van der Waals surface area contributed by atoms with Crippen LogP contribution in [0.2, 0.25) is 5.02 Å². The molecule has 0 aliphatic rings. The number of nitrogens with one attached hydrogen (secondary N) is 2. The number of aromatic nitrogens is 3. The fourth-order valence-corrected chi connectivity index (χ4v) is 2.80. The Bertz CT molecular complexity index is 912. The molecule has 31 heavy (non-hydrogen) atoms. The van der Waals surface area contributed by atoms with Crippen LogP contribution < -0.4 is 16.4 Å². The number of anilines is 2. The van der Waals surface area contributed by atoms with Crippen molar-refractivity contribution in [3.05, 3.63) is 65.2 Å². The predicted octanol–water partition coefficient (Wildman–Crippen LogP) is 3.21. The molecule has 1 heterocycles. The largest absolute Gasteiger partial charge is 0.378 e. The van der Waals surface area contributed by atoms with Gasteiger partial charge in [0.2, 0.25) is 11.9 Å². The van der Waals surface area contributed by atoms with Crippen molar-refractivity contribution in [1.29, 1.82) is 0 Å². The minimum absolute atomic E-state index is 0.482. The summed E-state index contributed by atoms with van der Waals surface area (Å²) in [5.41, 5.74) is 7.36. The van der Waals surface area contributed by atoms with Gasteiger partial charge in [-0.25, -0.2) is 0 Å². The van der Waals surface area contributed by atoms with Crippen LogP contribution in [0.3, 0.4) is 0 Å². The highest BCUT2D eigenvalue weighted by molar-refractivity contribution is 6.30. The van der Waals surface area contributed by atoms with Crippen molar-refractivity contribution in [3.8, 4) is 11.4 Å². The summed E-state index contributed by atoms with van der Waals surface area (Å²) in [5.74, 6) is 1.56. The number of nitrogens with two attached hydrogens (primary N) is 1. The lowest BCUT2D eigenvalue weighted by atomic mass is 10.2. The van der Waals surface area contributed by atoms with E-state index in [9.17, 15) is 0 Å². The van der Waals surface area contributed by atoms with E-state index in [-0.39, 0.29) is 0 Å². The molecule has 3 aromatic rings. The van der Waals surface area contributed by atoms with Crippen molar-refractivity contribution in [2.45, 2.75) is 6.54 Å². The van der Waals surface area contributed by atoms with Crippen molar-refractivity contribution in [2.75, 3.05) is 50.2 Å². The summed E-state index contributed by atoms with van der Waals surface area (Å²) in [5, 5.41) is 7.16. The Hall–Kier alpha value is -2.78. The zero-order chi connectivity index (χ0) is 21.7. The number of rotatable bonds is 13. The molecule has 0 amide bonds. The van der Waals surface area contributed by atoms with Crippen molar-refractivity contribution in [2.24, 2.45) is 5.73 Å². The van der Waals surface area contributed by atoms with E-state index in [1.807, 2.05) is 54.6 Å². The van der Waals surface area contributed by atoms with Gasteiger partial charge in [-0.05, 0) is 17.7 Å². The van der Waals surface area contributed by atoms with Gasteiger partial charge in [0.05, 0.1) is 26.4 Å². The van der Waals surface area contributed by atoms with Gasteiger partial charge < -0.3 is 25.8 Å². The molecule has 4 N–H and O–H groups in total. The van der Waals surface area contributed by atoms with Gasteiger partial charge in [-0.15, -0.1) is 0 Å². The highest BCUT2D eigenvalue weighted by Crippen LogP contribution is 2.18. The van der Waals surface area contributed by atoms with E-state index < -0.39 is 0 Å². The first kappa shape index (κ1) is 22.9. The number of benzene rings is 2. The minimum atomic E-state index is 0.482. The Morgan fingerprint density at radius 1 is 0.774 bits per heavy atom. The summed E-state index contributed by atoms with van der Waals surface area (Å²) < 4.78 is 10.8. The van der Waals surface area contributed by atoms with E-state index >= 15 is 0 Å². The lowest BCUT2D eigenvalue weighted by Crippen LogP contribution is -2.16. The number of nitrogens with zero attached hydrogens (tertiary/aromatic N) is 3. The maximum Gasteiger partial charge on any atom is 0.228 e. The first-order valence-corrected chi connectivity index (χ1v) is 10.5. The van der Waals surface area contributed by atoms with Gasteiger partial charge in [-0.1, -0.05) is 54.1 Å². The van der Waals surface area contributed by atoms with Crippen molar-refractivity contribution in [3.63, 3.8) is 0 Å². The summed E-state index contributed by atoms with van der Waals surface area (Å²) in [6, 6.07) is 17.4. The summed E-state index contributed by atoms with van der Waals surface area (Å²) in [7, 11) is 0. The van der Waals surface area contributed by atoms with Crippen LogP contribution in [0.15, 0.2) is 54.6 Å². The standard InChI is InChI=1S/C22H27ClN6O2/c23-19-8-6-17(7-9-19)16-26-22-28-20(18-4-2-1-3-5-18)27-21(29-22)25-11-13-31-15-14-30-12-10-24/h1-9H,10-16,24H2,(H2,25,26,27,28,29). The highest BCUT2D eigenvalue weighted by atomic mass is 35.5. The van der Waals surface area contributed by atoms with Crippen LogP contribution in [-0.2, 0) is 16.0 Å². The molecule has 8 nitrogen and oxygen atoms in total. The summed E-state index contributed by atoms with van der Waals surface area (Å²) >= 11 is 5.96. The number of halogens is 1. The van der Waals surface area contributed by atoms with Gasteiger partial charge >= 0.3 is 0 Å². The van der Waals surface area contributed by atoms with E-state index in [2.05, 4.69) is 25.6 Å². The SMILES string of the molecule is NCCOCCOCCNc1nc(NCc2ccc(Cl)cc2)nc(-c2ccccc2)n1. The Morgan fingerprint density at radius 2 is 1.45 bits per heavy atom. The maximum absolute atomic E-state index is 5.96. The smallest absolute Gasteiger partial charge is 0.228 e. The lowest BCUT2D eigenvalue weighted by Gasteiger charge is -2.11. The summed E-state index contributed by atoms with van der Waals surface area (Å²) in [6.45, 7) is 3.74. The molecule has 0 spiro atoms. The first-order valence-electron chi connectivity index (χ1n) is 10.1. The van der Waals surface area contributed by atoms with E-state index in [1.165, 1.54) is 0 Å². The molecule has 0 aliphatic carbocycles. The second kappa shape index (κ2) is 12.8.